The molecule has 0 aliphatic heterocycles. The van der Waals surface area contributed by atoms with Crippen molar-refractivity contribution in [3.63, 3.8) is 0 Å². The van der Waals surface area contributed by atoms with Crippen LogP contribution < -0.4 is 5.43 Å². The summed E-state index contributed by atoms with van der Waals surface area (Å²) in [5, 5.41) is 9.93. The van der Waals surface area contributed by atoms with Gasteiger partial charge in [0, 0.05) is 23.5 Å². The molecule has 1 heterocycles. The molecule has 2 N–H and O–H groups in total. The SMILES string of the molecule is O=C1c2ccccc2C(=O)C1NN(O)C(=O)c1cccnc1. The molecular formula is C15H11N3O4. The van der Waals surface area contributed by atoms with Crippen molar-refractivity contribution in [1.82, 2.24) is 15.6 Å². The van der Waals surface area contributed by atoms with Crippen molar-refractivity contribution < 1.29 is 19.6 Å². The zero-order chi connectivity index (χ0) is 15.7. The van der Waals surface area contributed by atoms with Crippen LogP contribution in [0.3, 0.4) is 0 Å². The molecule has 0 bridgehead atoms. The maximum absolute atomic E-state index is 12.2. The molecule has 7 heteroatoms. The number of carbonyl (C=O) groups is 3. The summed E-state index contributed by atoms with van der Waals surface area (Å²) in [5.74, 6) is -1.79. The summed E-state index contributed by atoms with van der Waals surface area (Å²) in [6.45, 7) is 0. The quantitative estimate of drug-likeness (QED) is 0.495. The van der Waals surface area contributed by atoms with Crippen LogP contribution in [-0.2, 0) is 0 Å². The number of amides is 1. The number of pyridine rings is 1. The molecule has 22 heavy (non-hydrogen) atoms. The minimum atomic E-state index is -1.32. The number of fused-ring (bicyclic) bond motifs is 1. The summed E-state index contributed by atoms with van der Waals surface area (Å²) in [6.07, 6.45) is 2.74. The van der Waals surface area contributed by atoms with Crippen molar-refractivity contribution in [3.05, 3.63) is 65.5 Å². The standard InChI is InChI=1S/C15H11N3O4/c19-13-10-5-1-2-6-11(10)14(20)12(13)17-18(22)15(21)9-4-3-7-16-8-9/h1-8,12,17,22H. The Morgan fingerprint density at radius 3 is 2.27 bits per heavy atom. The lowest BCUT2D eigenvalue weighted by Crippen LogP contribution is -2.50. The van der Waals surface area contributed by atoms with E-state index in [-0.39, 0.29) is 21.9 Å². The predicted octanol–water partition coefficient (Wildman–Crippen LogP) is 0.865. The summed E-state index contributed by atoms with van der Waals surface area (Å²) < 4.78 is 0. The normalized spacial score (nSPS) is 14.0. The number of Topliss-reactive ketones (excluding diaryl/α,β-unsaturated/α-hetero) is 2. The molecule has 7 nitrogen and oxygen atoms in total. The molecule has 1 aromatic heterocycles. The smallest absolute Gasteiger partial charge is 0.292 e. The third-order valence-electron chi connectivity index (χ3n) is 3.33. The zero-order valence-electron chi connectivity index (χ0n) is 11.3. The summed E-state index contributed by atoms with van der Waals surface area (Å²) in [5.41, 5.74) is 2.90. The second-order valence-electron chi connectivity index (χ2n) is 4.69. The van der Waals surface area contributed by atoms with Crippen LogP contribution >= 0.6 is 0 Å². The largest absolute Gasteiger partial charge is 0.293 e. The van der Waals surface area contributed by atoms with Gasteiger partial charge >= 0.3 is 0 Å². The lowest BCUT2D eigenvalue weighted by Gasteiger charge is -2.18. The van der Waals surface area contributed by atoms with Crippen LogP contribution in [0.4, 0.5) is 0 Å². The van der Waals surface area contributed by atoms with Gasteiger partial charge in [-0.15, -0.1) is 5.17 Å². The molecule has 0 fully saturated rings. The van der Waals surface area contributed by atoms with Gasteiger partial charge < -0.3 is 0 Å². The van der Waals surface area contributed by atoms with Gasteiger partial charge in [0.05, 0.1) is 5.56 Å². The first-order valence-corrected chi connectivity index (χ1v) is 6.46. The number of hydrogen-bond acceptors (Lipinski definition) is 6. The van der Waals surface area contributed by atoms with Gasteiger partial charge in [-0.05, 0) is 12.1 Å². The lowest BCUT2D eigenvalue weighted by molar-refractivity contribution is -0.0996. The lowest BCUT2D eigenvalue weighted by atomic mass is 10.1. The molecule has 110 valence electrons. The maximum atomic E-state index is 12.2. The number of nitrogens with zero attached hydrogens (tertiary/aromatic N) is 2. The first-order valence-electron chi connectivity index (χ1n) is 6.46. The Morgan fingerprint density at radius 2 is 1.73 bits per heavy atom. The molecule has 3 rings (SSSR count). The molecule has 2 aromatic rings. The molecule has 0 saturated carbocycles. The van der Waals surface area contributed by atoms with Crippen LogP contribution in [0.15, 0.2) is 48.8 Å². The van der Waals surface area contributed by atoms with E-state index in [1.807, 2.05) is 0 Å². The Hall–Kier alpha value is -2.90. The monoisotopic (exact) mass is 297 g/mol. The zero-order valence-corrected chi connectivity index (χ0v) is 11.3. The van der Waals surface area contributed by atoms with Gasteiger partial charge in [0.15, 0.2) is 17.6 Å². The number of hydrogen-bond donors (Lipinski definition) is 2. The van der Waals surface area contributed by atoms with E-state index < -0.39 is 23.5 Å². The van der Waals surface area contributed by atoms with E-state index >= 15 is 0 Å². The molecule has 1 amide bonds. The van der Waals surface area contributed by atoms with Crippen molar-refractivity contribution in [2.45, 2.75) is 6.04 Å². The van der Waals surface area contributed by atoms with Crippen molar-refractivity contribution in [2.24, 2.45) is 0 Å². The van der Waals surface area contributed by atoms with Gasteiger partial charge in [0.25, 0.3) is 5.91 Å². The summed E-state index contributed by atoms with van der Waals surface area (Å²) in [4.78, 5) is 40.0. The fourth-order valence-electron chi connectivity index (χ4n) is 2.25. The predicted molar refractivity (Wildman–Crippen MR) is 74.2 cm³/mol. The Kier molecular flexibility index (Phi) is 3.50. The van der Waals surface area contributed by atoms with Gasteiger partial charge in [-0.25, -0.2) is 0 Å². The maximum Gasteiger partial charge on any atom is 0.293 e. The van der Waals surface area contributed by atoms with Gasteiger partial charge in [0.1, 0.15) is 0 Å². The van der Waals surface area contributed by atoms with Gasteiger partial charge in [-0.3, -0.25) is 24.6 Å². The number of hydroxylamine groups is 1. The van der Waals surface area contributed by atoms with Crippen molar-refractivity contribution in [1.29, 1.82) is 0 Å². The fraction of sp³-hybridized carbons (Fsp3) is 0.0667. The molecule has 1 aromatic carbocycles. The third-order valence-corrected chi connectivity index (χ3v) is 3.33. The minimum absolute atomic E-state index is 0.118. The van der Waals surface area contributed by atoms with Crippen LogP contribution in [0.5, 0.6) is 0 Å². The summed E-state index contributed by atoms with van der Waals surface area (Å²) in [7, 11) is 0. The molecule has 1 aliphatic rings. The molecule has 0 radical (unpaired) electrons. The molecule has 0 unspecified atom stereocenters. The minimum Gasteiger partial charge on any atom is -0.292 e. The molecule has 0 atom stereocenters. The van der Waals surface area contributed by atoms with Gasteiger partial charge in [-0.2, -0.15) is 5.43 Å². The molecule has 1 aliphatic carbocycles. The number of rotatable bonds is 3. The van der Waals surface area contributed by atoms with E-state index in [9.17, 15) is 19.6 Å². The van der Waals surface area contributed by atoms with E-state index in [1.54, 1.807) is 12.1 Å². The highest BCUT2D eigenvalue weighted by molar-refractivity contribution is 6.29. The molecule has 0 saturated heterocycles. The van der Waals surface area contributed by atoms with E-state index in [0.29, 0.717) is 0 Å². The fourth-order valence-corrected chi connectivity index (χ4v) is 2.25. The third kappa shape index (κ3) is 2.28. The molecular weight excluding hydrogens is 286 g/mol. The van der Waals surface area contributed by atoms with Gasteiger partial charge in [0.2, 0.25) is 0 Å². The number of aromatic nitrogens is 1. The van der Waals surface area contributed by atoms with Crippen LogP contribution in [-0.4, -0.2) is 38.9 Å². The van der Waals surface area contributed by atoms with Crippen LogP contribution in [0.25, 0.3) is 0 Å². The first kappa shape index (κ1) is 14.1. The average Bonchev–Trinajstić information content (AvgIpc) is 2.80. The number of ketones is 2. The topological polar surface area (TPSA) is 99.6 Å². The second-order valence-corrected chi connectivity index (χ2v) is 4.69. The van der Waals surface area contributed by atoms with E-state index in [1.165, 1.54) is 36.7 Å². The number of carbonyl (C=O) groups excluding carboxylic acids is 3. The van der Waals surface area contributed by atoms with Crippen LogP contribution in [0.1, 0.15) is 31.1 Å². The van der Waals surface area contributed by atoms with Crippen LogP contribution in [0.2, 0.25) is 0 Å². The highest BCUT2D eigenvalue weighted by atomic mass is 16.6. The van der Waals surface area contributed by atoms with Crippen LogP contribution in [0, 0.1) is 0 Å². The van der Waals surface area contributed by atoms with E-state index in [4.69, 9.17) is 0 Å². The van der Waals surface area contributed by atoms with Gasteiger partial charge in [-0.1, -0.05) is 24.3 Å². The Morgan fingerprint density at radius 1 is 1.09 bits per heavy atom. The van der Waals surface area contributed by atoms with Crippen molar-refractivity contribution in [3.8, 4) is 0 Å². The number of benzene rings is 1. The Balaban J connectivity index is 1.79. The second kappa shape index (κ2) is 5.47. The van der Waals surface area contributed by atoms with E-state index in [0.717, 1.165) is 0 Å². The Bertz CT molecular complexity index is 725. The molecule has 0 spiro atoms. The van der Waals surface area contributed by atoms with E-state index in [2.05, 4.69) is 10.4 Å². The van der Waals surface area contributed by atoms with Crippen molar-refractivity contribution in [2.75, 3.05) is 0 Å². The Labute approximate surface area is 125 Å². The summed E-state index contributed by atoms with van der Waals surface area (Å²) in [6, 6.07) is 8.01. The number of hydrazine groups is 1. The summed E-state index contributed by atoms with van der Waals surface area (Å²) >= 11 is 0. The highest BCUT2D eigenvalue weighted by Gasteiger charge is 2.39. The average molecular weight is 297 g/mol. The highest BCUT2D eigenvalue weighted by Crippen LogP contribution is 2.22. The number of nitrogens with one attached hydrogen (secondary N) is 1. The first-order chi connectivity index (χ1) is 10.6. The van der Waals surface area contributed by atoms with Crippen molar-refractivity contribution >= 4 is 17.5 Å².